The minimum atomic E-state index is -2.08. The number of nitro groups is 2. The van der Waals surface area contributed by atoms with Gasteiger partial charge in [0.1, 0.15) is 13.2 Å². The van der Waals surface area contributed by atoms with Gasteiger partial charge in [-0.05, 0) is 13.8 Å². The van der Waals surface area contributed by atoms with E-state index in [1.165, 1.54) is 0 Å². The highest BCUT2D eigenvalue weighted by molar-refractivity contribution is 5.69. The van der Waals surface area contributed by atoms with Crippen LogP contribution in [0.3, 0.4) is 0 Å². The largest absolute Gasteiger partial charge is 0.469 e. The number of carbonyl (C=O) groups excluding carboxylic acids is 1. The molecule has 0 aromatic heterocycles. The van der Waals surface area contributed by atoms with Crippen LogP contribution in [-0.2, 0) is 19.0 Å². The van der Waals surface area contributed by atoms with E-state index in [1.807, 2.05) is 0 Å². The fraction of sp³-hybridized carbons (Fsp3) is 0.917. The second-order valence-electron chi connectivity index (χ2n) is 5.87. The van der Waals surface area contributed by atoms with Crippen molar-refractivity contribution in [3.63, 3.8) is 0 Å². The molecule has 0 aliphatic carbocycles. The van der Waals surface area contributed by atoms with Gasteiger partial charge in [-0.15, -0.1) is 0 Å². The summed E-state index contributed by atoms with van der Waals surface area (Å²) in [5.41, 5.74) is -4.12. The van der Waals surface area contributed by atoms with Gasteiger partial charge < -0.3 is 14.2 Å². The van der Waals surface area contributed by atoms with E-state index in [0.29, 0.717) is 0 Å². The molecule has 0 amide bonds. The molecule has 0 radical (unpaired) electrons. The monoisotopic (exact) mass is 320 g/mol. The molecule has 0 saturated carbocycles. The Hall–Kier alpha value is -1.81. The number of methoxy groups -OCH3 is 1. The number of esters is 1. The molecule has 0 bridgehead atoms. The van der Waals surface area contributed by atoms with Gasteiger partial charge in [0.25, 0.3) is 5.54 Å². The van der Waals surface area contributed by atoms with Gasteiger partial charge in [-0.3, -0.25) is 25.0 Å². The predicted molar refractivity (Wildman–Crippen MR) is 72.4 cm³/mol. The smallest absolute Gasteiger partial charge is 0.335 e. The summed E-state index contributed by atoms with van der Waals surface area (Å²) in [6.45, 7) is 3.30. The van der Waals surface area contributed by atoms with Gasteiger partial charge in [-0.25, -0.2) is 0 Å². The number of rotatable bonds is 6. The minimum Gasteiger partial charge on any atom is -0.469 e. The van der Waals surface area contributed by atoms with Crippen LogP contribution >= 0.6 is 0 Å². The maximum atomic E-state index is 11.6. The molecule has 1 unspecified atom stereocenters. The van der Waals surface area contributed by atoms with Crippen molar-refractivity contribution in [3.05, 3.63) is 20.2 Å². The van der Waals surface area contributed by atoms with Gasteiger partial charge in [0.15, 0.2) is 5.79 Å². The third-order valence-electron chi connectivity index (χ3n) is 4.12. The Morgan fingerprint density at radius 1 is 1.27 bits per heavy atom. The van der Waals surface area contributed by atoms with E-state index >= 15 is 0 Å². The molecule has 0 aromatic carbocycles. The third kappa shape index (κ3) is 3.17. The van der Waals surface area contributed by atoms with Crippen LogP contribution in [0.5, 0.6) is 0 Å². The number of ether oxygens (including phenoxy) is 3. The Kier molecular flexibility index (Phi) is 5.08. The molecule has 0 spiro atoms. The van der Waals surface area contributed by atoms with Crippen LogP contribution in [0.1, 0.15) is 33.6 Å². The zero-order valence-electron chi connectivity index (χ0n) is 13.0. The van der Waals surface area contributed by atoms with Gasteiger partial charge >= 0.3 is 11.5 Å². The molecule has 0 N–H and O–H groups in total. The minimum absolute atomic E-state index is 0.313. The molecule has 126 valence electrons. The first-order chi connectivity index (χ1) is 10.0. The van der Waals surface area contributed by atoms with Crippen molar-refractivity contribution in [2.24, 2.45) is 0 Å². The van der Waals surface area contributed by atoms with Gasteiger partial charge in [0.2, 0.25) is 0 Å². The Balaban J connectivity index is 3.15. The second kappa shape index (κ2) is 6.13. The molecule has 1 aliphatic rings. The van der Waals surface area contributed by atoms with Crippen LogP contribution in [0, 0.1) is 20.2 Å². The van der Waals surface area contributed by atoms with E-state index in [-0.39, 0.29) is 12.8 Å². The molecule has 10 heteroatoms. The Bertz CT molecular complexity index is 468. The van der Waals surface area contributed by atoms with E-state index in [0.717, 1.165) is 14.0 Å². The van der Waals surface area contributed by atoms with Crippen LogP contribution in [0.25, 0.3) is 0 Å². The summed E-state index contributed by atoms with van der Waals surface area (Å²) in [7, 11) is 1.14. The normalized spacial score (nSPS) is 22.4. The van der Waals surface area contributed by atoms with Gasteiger partial charge in [0.05, 0.1) is 13.5 Å². The summed E-state index contributed by atoms with van der Waals surface area (Å²) in [6.07, 6.45) is -0.673. The SMILES string of the molecule is COC(=O)CCC(C)([N+](=O)[O-])C1([N+](=O)[O-])COC(C)(C)OC1. The zero-order valence-corrected chi connectivity index (χ0v) is 13.0. The maximum absolute atomic E-state index is 11.6. The average molecular weight is 320 g/mol. The Labute approximate surface area is 127 Å². The summed E-state index contributed by atoms with van der Waals surface area (Å²) < 4.78 is 15.0. The van der Waals surface area contributed by atoms with E-state index in [2.05, 4.69) is 4.74 Å². The highest BCUT2D eigenvalue weighted by Crippen LogP contribution is 2.38. The summed E-state index contributed by atoms with van der Waals surface area (Å²) >= 11 is 0. The summed E-state index contributed by atoms with van der Waals surface area (Å²) in [5, 5.41) is 23.1. The molecule has 1 heterocycles. The Morgan fingerprint density at radius 3 is 2.14 bits per heavy atom. The molecule has 1 fully saturated rings. The lowest BCUT2D eigenvalue weighted by Crippen LogP contribution is -2.70. The zero-order chi connectivity index (χ0) is 17.2. The lowest BCUT2D eigenvalue weighted by atomic mass is 9.76. The predicted octanol–water partition coefficient (Wildman–Crippen LogP) is 0.773. The quantitative estimate of drug-likeness (QED) is 0.398. The number of hydrogen-bond acceptors (Lipinski definition) is 8. The summed E-state index contributed by atoms with van der Waals surface area (Å²) in [4.78, 5) is 32.9. The number of hydrogen-bond donors (Lipinski definition) is 0. The Morgan fingerprint density at radius 2 is 1.77 bits per heavy atom. The van der Waals surface area contributed by atoms with Crippen molar-refractivity contribution in [3.8, 4) is 0 Å². The van der Waals surface area contributed by atoms with Crippen molar-refractivity contribution in [1.29, 1.82) is 0 Å². The summed E-state index contributed by atoms with van der Waals surface area (Å²) in [6, 6.07) is 0. The van der Waals surface area contributed by atoms with Crippen LogP contribution < -0.4 is 0 Å². The number of nitrogens with zero attached hydrogens (tertiary/aromatic N) is 2. The van der Waals surface area contributed by atoms with Crippen molar-refractivity contribution >= 4 is 5.97 Å². The topological polar surface area (TPSA) is 131 Å². The van der Waals surface area contributed by atoms with Crippen LogP contribution in [0.2, 0.25) is 0 Å². The first-order valence-electron chi connectivity index (χ1n) is 6.64. The molecular weight excluding hydrogens is 300 g/mol. The van der Waals surface area contributed by atoms with E-state index in [4.69, 9.17) is 9.47 Å². The fourth-order valence-corrected chi connectivity index (χ4v) is 2.22. The van der Waals surface area contributed by atoms with Crippen LogP contribution in [0.4, 0.5) is 0 Å². The lowest BCUT2D eigenvalue weighted by Gasteiger charge is -2.42. The standard InChI is InChI=1S/C12H20N2O8/c1-10(2)21-7-12(8-22-10,14(18)19)11(3,13(16)17)6-5-9(15)20-4/h5-8H2,1-4H3. The van der Waals surface area contributed by atoms with Gasteiger partial charge in [-0.2, -0.15) is 0 Å². The van der Waals surface area contributed by atoms with Crippen LogP contribution in [0.15, 0.2) is 0 Å². The van der Waals surface area contributed by atoms with Gasteiger partial charge in [0, 0.05) is 23.2 Å². The van der Waals surface area contributed by atoms with Crippen molar-refractivity contribution in [2.45, 2.75) is 50.5 Å². The van der Waals surface area contributed by atoms with Crippen molar-refractivity contribution in [1.82, 2.24) is 0 Å². The third-order valence-corrected chi connectivity index (χ3v) is 4.12. The van der Waals surface area contributed by atoms with Crippen molar-refractivity contribution in [2.75, 3.05) is 20.3 Å². The average Bonchev–Trinajstić information content (AvgIpc) is 2.43. The molecular formula is C12H20N2O8. The molecule has 1 rings (SSSR count). The molecule has 1 atom stereocenters. The van der Waals surface area contributed by atoms with Crippen LogP contribution in [-0.4, -0.2) is 53.0 Å². The first kappa shape index (κ1) is 18.2. The highest BCUT2D eigenvalue weighted by atomic mass is 16.7. The summed E-state index contributed by atoms with van der Waals surface area (Å²) in [5.74, 6) is -1.73. The fourth-order valence-electron chi connectivity index (χ4n) is 2.22. The maximum Gasteiger partial charge on any atom is 0.335 e. The number of carbonyl (C=O) groups is 1. The van der Waals surface area contributed by atoms with E-state index in [1.54, 1.807) is 13.8 Å². The van der Waals surface area contributed by atoms with Crippen molar-refractivity contribution < 1.29 is 28.9 Å². The van der Waals surface area contributed by atoms with Gasteiger partial charge in [-0.1, -0.05) is 0 Å². The molecule has 22 heavy (non-hydrogen) atoms. The first-order valence-corrected chi connectivity index (χ1v) is 6.64. The van der Waals surface area contributed by atoms with E-state index in [9.17, 15) is 25.0 Å². The lowest BCUT2D eigenvalue weighted by molar-refractivity contribution is -0.697. The molecule has 0 aromatic rings. The molecule has 1 saturated heterocycles. The molecule has 1 aliphatic heterocycles. The second-order valence-corrected chi connectivity index (χ2v) is 5.87. The highest BCUT2D eigenvalue weighted by Gasteiger charge is 2.70. The molecule has 10 nitrogen and oxygen atoms in total. The van der Waals surface area contributed by atoms with E-state index < -0.39 is 45.9 Å².